The normalized spacial score (nSPS) is 10.3. The largest absolute Gasteiger partial charge is 0.203 e. The van der Waals surface area contributed by atoms with Crippen LogP contribution in [0.5, 0.6) is 0 Å². The average molecular weight is 312 g/mol. The van der Waals surface area contributed by atoms with Gasteiger partial charge in [-0.2, -0.15) is 0 Å². The SMILES string of the molecule is CC.CC.CCC(C)(CC)c1c(F)c(F)c(F)c(F)c1F. The maximum absolute atomic E-state index is 13.6. The Hall–Kier alpha value is -1.13. The van der Waals surface area contributed by atoms with Crippen LogP contribution in [0.4, 0.5) is 22.0 Å². The zero-order valence-corrected chi connectivity index (χ0v) is 13.8. The maximum Gasteiger partial charge on any atom is 0.200 e. The molecule has 21 heavy (non-hydrogen) atoms. The van der Waals surface area contributed by atoms with Crippen LogP contribution in [0.2, 0.25) is 0 Å². The fraction of sp³-hybridized carbons (Fsp3) is 0.625. The monoisotopic (exact) mass is 312 g/mol. The van der Waals surface area contributed by atoms with Gasteiger partial charge in [0.1, 0.15) is 0 Å². The minimum atomic E-state index is -2.11. The van der Waals surface area contributed by atoms with E-state index in [2.05, 4.69) is 0 Å². The third kappa shape index (κ3) is 4.42. The smallest absolute Gasteiger partial charge is 0.200 e. The first-order chi connectivity index (χ1) is 9.80. The lowest BCUT2D eigenvalue weighted by Gasteiger charge is -2.28. The Morgan fingerprint density at radius 3 is 1.10 bits per heavy atom. The van der Waals surface area contributed by atoms with Crippen molar-refractivity contribution in [3.05, 3.63) is 34.6 Å². The van der Waals surface area contributed by atoms with E-state index in [1.807, 2.05) is 27.7 Å². The van der Waals surface area contributed by atoms with Gasteiger partial charge in [-0.25, -0.2) is 22.0 Å². The Balaban J connectivity index is 0. The molecule has 0 atom stereocenters. The Morgan fingerprint density at radius 2 is 0.857 bits per heavy atom. The van der Waals surface area contributed by atoms with E-state index in [0.717, 1.165) is 0 Å². The van der Waals surface area contributed by atoms with Crippen molar-refractivity contribution in [3.8, 4) is 0 Å². The third-order valence-electron chi connectivity index (χ3n) is 3.37. The zero-order chi connectivity index (χ0) is 17.4. The molecule has 0 N–H and O–H groups in total. The van der Waals surface area contributed by atoms with Gasteiger partial charge in [0.05, 0.1) is 0 Å². The van der Waals surface area contributed by atoms with Crippen LogP contribution in [0.25, 0.3) is 0 Å². The van der Waals surface area contributed by atoms with Crippen molar-refractivity contribution in [3.63, 3.8) is 0 Å². The molecule has 0 heterocycles. The van der Waals surface area contributed by atoms with Crippen LogP contribution < -0.4 is 0 Å². The summed E-state index contributed by atoms with van der Waals surface area (Å²) in [5.74, 6) is -9.34. The third-order valence-corrected chi connectivity index (χ3v) is 3.37. The van der Waals surface area contributed by atoms with Gasteiger partial charge in [0.2, 0.25) is 5.82 Å². The fourth-order valence-electron chi connectivity index (χ4n) is 1.74. The Bertz CT molecular complexity index is 408. The summed E-state index contributed by atoms with van der Waals surface area (Å²) in [5.41, 5.74) is -1.79. The molecule has 0 aromatic heterocycles. The first-order valence-electron chi connectivity index (χ1n) is 7.32. The van der Waals surface area contributed by atoms with E-state index in [1.165, 1.54) is 6.92 Å². The lowest BCUT2D eigenvalue weighted by atomic mass is 9.77. The second-order valence-corrected chi connectivity index (χ2v) is 4.21. The fourth-order valence-corrected chi connectivity index (χ4v) is 1.74. The number of halogens is 5. The number of benzene rings is 1. The molecule has 124 valence electrons. The summed E-state index contributed by atoms with van der Waals surface area (Å²) >= 11 is 0. The minimum absolute atomic E-state index is 0.280. The van der Waals surface area contributed by atoms with Gasteiger partial charge in [-0.15, -0.1) is 0 Å². The van der Waals surface area contributed by atoms with Gasteiger partial charge in [-0.1, -0.05) is 48.5 Å². The van der Waals surface area contributed by atoms with Gasteiger partial charge in [-0.3, -0.25) is 0 Å². The molecule has 1 aromatic rings. The van der Waals surface area contributed by atoms with E-state index in [0.29, 0.717) is 0 Å². The van der Waals surface area contributed by atoms with Crippen LogP contribution in [0, 0.1) is 29.1 Å². The van der Waals surface area contributed by atoms with E-state index in [9.17, 15) is 22.0 Å². The van der Waals surface area contributed by atoms with Gasteiger partial charge in [0.25, 0.3) is 0 Å². The van der Waals surface area contributed by atoms with E-state index in [1.54, 1.807) is 13.8 Å². The Kier molecular flexibility index (Phi) is 10.3. The summed E-state index contributed by atoms with van der Waals surface area (Å²) < 4.78 is 66.1. The van der Waals surface area contributed by atoms with Crippen molar-refractivity contribution < 1.29 is 22.0 Å². The van der Waals surface area contributed by atoms with Crippen LogP contribution in [-0.4, -0.2) is 0 Å². The predicted molar refractivity (Wildman–Crippen MR) is 76.9 cm³/mol. The molecule has 0 radical (unpaired) electrons. The molecule has 1 aromatic carbocycles. The molecule has 0 aliphatic heterocycles. The summed E-state index contributed by atoms with van der Waals surface area (Å²) in [7, 11) is 0. The predicted octanol–water partition coefficient (Wildman–Crippen LogP) is 6.51. The van der Waals surface area contributed by atoms with Crippen LogP contribution in [0.15, 0.2) is 0 Å². The van der Waals surface area contributed by atoms with Gasteiger partial charge in [0.15, 0.2) is 23.3 Å². The Morgan fingerprint density at radius 1 is 0.619 bits per heavy atom. The zero-order valence-electron chi connectivity index (χ0n) is 13.8. The van der Waals surface area contributed by atoms with Crippen molar-refractivity contribution in [2.75, 3.05) is 0 Å². The molecule has 0 saturated heterocycles. The summed E-state index contributed by atoms with van der Waals surface area (Å²) in [6.07, 6.45) is 0.559. The van der Waals surface area contributed by atoms with E-state index >= 15 is 0 Å². The molecule has 0 bridgehead atoms. The molecule has 5 heteroatoms. The van der Waals surface area contributed by atoms with Gasteiger partial charge in [0, 0.05) is 5.56 Å². The van der Waals surface area contributed by atoms with Crippen LogP contribution in [0.1, 0.15) is 66.9 Å². The highest BCUT2D eigenvalue weighted by Gasteiger charge is 2.35. The van der Waals surface area contributed by atoms with Gasteiger partial charge in [-0.05, 0) is 18.3 Å². The Labute approximate surface area is 124 Å². The standard InChI is InChI=1S/C12H13F5.2C2H6/c1-4-12(3,5-2)6-7(13)9(15)11(17)10(16)8(6)14;2*1-2/h4-5H2,1-3H3;2*1-2H3. The second kappa shape index (κ2) is 9.74. The second-order valence-electron chi connectivity index (χ2n) is 4.21. The van der Waals surface area contributed by atoms with Gasteiger partial charge < -0.3 is 0 Å². The number of hydrogen-bond acceptors (Lipinski definition) is 0. The van der Waals surface area contributed by atoms with E-state index < -0.39 is 40.1 Å². The average Bonchev–Trinajstić information content (AvgIpc) is 2.54. The van der Waals surface area contributed by atoms with Crippen molar-refractivity contribution >= 4 is 0 Å². The first-order valence-corrected chi connectivity index (χ1v) is 7.32. The quantitative estimate of drug-likeness (QED) is 0.339. The molecular formula is C16H25F5. The van der Waals surface area contributed by atoms with Crippen molar-refractivity contribution in [1.82, 2.24) is 0 Å². The van der Waals surface area contributed by atoms with Crippen LogP contribution in [-0.2, 0) is 5.41 Å². The maximum atomic E-state index is 13.6. The molecule has 0 aliphatic carbocycles. The molecule has 1 rings (SSSR count). The highest BCUT2D eigenvalue weighted by molar-refractivity contribution is 5.30. The summed E-state index contributed by atoms with van der Waals surface area (Å²) in [5, 5.41) is 0. The van der Waals surface area contributed by atoms with Crippen molar-refractivity contribution in [2.45, 2.75) is 66.7 Å². The molecule has 0 aliphatic rings. The molecular weight excluding hydrogens is 287 g/mol. The summed E-state index contributed by atoms with van der Waals surface area (Å²) in [6, 6.07) is 0. The number of rotatable bonds is 3. The summed E-state index contributed by atoms with van der Waals surface area (Å²) in [4.78, 5) is 0. The van der Waals surface area contributed by atoms with E-state index in [-0.39, 0.29) is 12.8 Å². The molecule has 0 saturated carbocycles. The summed E-state index contributed by atoms with van der Waals surface area (Å²) in [6.45, 7) is 12.8. The topological polar surface area (TPSA) is 0 Å². The molecule has 0 unspecified atom stereocenters. The van der Waals surface area contributed by atoms with Crippen molar-refractivity contribution in [1.29, 1.82) is 0 Å². The number of hydrogen-bond donors (Lipinski definition) is 0. The van der Waals surface area contributed by atoms with E-state index in [4.69, 9.17) is 0 Å². The van der Waals surface area contributed by atoms with Crippen molar-refractivity contribution in [2.24, 2.45) is 0 Å². The molecule has 0 fully saturated rings. The van der Waals surface area contributed by atoms with Crippen LogP contribution in [0.3, 0.4) is 0 Å². The highest BCUT2D eigenvalue weighted by Crippen LogP contribution is 2.37. The van der Waals surface area contributed by atoms with Crippen LogP contribution >= 0.6 is 0 Å². The van der Waals surface area contributed by atoms with Gasteiger partial charge >= 0.3 is 0 Å². The minimum Gasteiger partial charge on any atom is -0.203 e. The lowest BCUT2D eigenvalue weighted by molar-refractivity contribution is 0.329. The molecule has 0 spiro atoms. The molecule has 0 amide bonds. The first kappa shape index (κ1) is 22.2. The highest BCUT2D eigenvalue weighted by atomic mass is 19.2. The molecule has 0 nitrogen and oxygen atoms in total. The lowest BCUT2D eigenvalue weighted by Crippen LogP contribution is -2.25.